The third-order valence-electron chi connectivity index (χ3n) is 3.95. The number of thioether (sulfide) groups is 1. The monoisotopic (exact) mass is 457 g/mol. The molecule has 1 atom stereocenters. The average molecular weight is 458 g/mol. The minimum atomic E-state index is -3.60. The quantitative estimate of drug-likeness (QED) is 0.562. The number of carbonyl (C=O) groups excluding carboxylic acids is 1. The summed E-state index contributed by atoms with van der Waals surface area (Å²) in [6.45, 7) is 1.62. The van der Waals surface area contributed by atoms with E-state index in [4.69, 9.17) is 16.0 Å². The summed E-state index contributed by atoms with van der Waals surface area (Å²) in [6.07, 6.45) is 0. The fourth-order valence-corrected chi connectivity index (χ4v) is 4.18. The van der Waals surface area contributed by atoms with Gasteiger partial charge in [-0.15, -0.1) is 0 Å². The van der Waals surface area contributed by atoms with Crippen molar-refractivity contribution in [3.8, 4) is 0 Å². The number of amides is 1. The van der Waals surface area contributed by atoms with Crippen molar-refractivity contribution >= 4 is 56.1 Å². The Labute approximate surface area is 176 Å². The van der Waals surface area contributed by atoms with Crippen LogP contribution in [0.3, 0.4) is 0 Å². The molecule has 1 aromatic heterocycles. The molecule has 0 saturated carbocycles. The standard InChI is InChI=1S/C18H17ClFN3O4S2/c1-10(17(24)21-14-6-4-11(19)8-13(14)20)28-18-22-15-9-12(5-7-16(15)27-18)29(25,26)23(2)3/h4-10H,1-3H3,(H,21,24). The van der Waals surface area contributed by atoms with Gasteiger partial charge in [-0.3, -0.25) is 4.79 Å². The molecule has 0 saturated heterocycles. The Balaban J connectivity index is 1.76. The van der Waals surface area contributed by atoms with Crippen LogP contribution in [0.1, 0.15) is 6.92 Å². The van der Waals surface area contributed by atoms with Crippen molar-refractivity contribution in [3.05, 3.63) is 47.2 Å². The summed E-state index contributed by atoms with van der Waals surface area (Å²) in [5.41, 5.74) is 0.760. The van der Waals surface area contributed by atoms with Gasteiger partial charge in [0.05, 0.1) is 15.8 Å². The molecule has 1 unspecified atom stereocenters. The molecular formula is C18H17ClFN3O4S2. The number of halogens is 2. The fourth-order valence-electron chi connectivity index (χ4n) is 2.34. The minimum Gasteiger partial charge on any atom is -0.431 e. The lowest BCUT2D eigenvalue weighted by molar-refractivity contribution is -0.115. The molecule has 0 aliphatic rings. The van der Waals surface area contributed by atoms with Gasteiger partial charge >= 0.3 is 0 Å². The maximum atomic E-state index is 13.8. The molecule has 7 nitrogen and oxygen atoms in total. The van der Waals surface area contributed by atoms with Gasteiger partial charge in [0.1, 0.15) is 11.3 Å². The van der Waals surface area contributed by atoms with Crippen LogP contribution in [0.2, 0.25) is 5.02 Å². The van der Waals surface area contributed by atoms with Crippen molar-refractivity contribution < 1.29 is 22.0 Å². The van der Waals surface area contributed by atoms with Gasteiger partial charge in [0.2, 0.25) is 15.9 Å². The van der Waals surface area contributed by atoms with Crippen LogP contribution in [0.4, 0.5) is 10.1 Å². The van der Waals surface area contributed by atoms with Gasteiger partial charge in [0.15, 0.2) is 5.58 Å². The van der Waals surface area contributed by atoms with Crippen LogP contribution in [-0.2, 0) is 14.8 Å². The Hall–Kier alpha value is -2.14. The topological polar surface area (TPSA) is 92.5 Å². The summed E-state index contributed by atoms with van der Waals surface area (Å²) >= 11 is 6.73. The van der Waals surface area contributed by atoms with Crippen LogP contribution >= 0.6 is 23.4 Å². The summed E-state index contributed by atoms with van der Waals surface area (Å²) in [5.74, 6) is -1.09. The zero-order valence-corrected chi connectivity index (χ0v) is 18.0. The minimum absolute atomic E-state index is 0.0166. The number of oxazole rings is 1. The van der Waals surface area contributed by atoms with E-state index in [1.54, 1.807) is 6.92 Å². The normalized spacial score (nSPS) is 13.0. The molecule has 0 radical (unpaired) electrons. The van der Waals surface area contributed by atoms with Crippen LogP contribution < -0.4 is 5.32 Å². The molecule has 1 heterocycles. The lowest BCUT2D eigenvalue weighted by Crippen LogP contribution is -2.23. The second kappa shape index (κ2) is 8.31. The van der Waals surface area contributed by atoms with Gasteiger partial charge in [-0.2, -0.15) is 0 Å². The first-order valence-corrected chi connectivity index (χ1v) is 11.0. The number of anilines is 1. The average Bonchev–Trinajstić information content (AvgIpc) is 3.05. The van der Waals surface area contributed by atoms with Crippen molar-refractivity contribution in [2.45, 2.75) is 22.3 Å². The van der Waals surface area contributed by atoms with Gasteiger partial charge in [-0.05, 0) is 43.3 Å². The lowest BCUT2D eigenvalue weighted by Gasteiger charge is -2.10. The van der Waals surface area contributed by atoms with Crippen molar-refractivity contribution in [3.63, 3.8) is 0 Å². The first kappa shape index (κ1) is 21.6. The van der Waals surface area contributed by atoms with E-state index in [2.05, 4.69) is 10.3 Å². The lowest BCUT2D eigenvalue weighted by atomic mass is 10.3. The molecule has 154 valence electrons. The third kappa shape index (κ3) is 4.72. The van der Waals surface area contributed by atoms with E-state index in [0.717, 1.165) is 22.1 Å². The highest BCUT2D eigenvalue weighted by Gasteiger charge is 2.21. The van der Waals surface area contributed by atoms with Crippen molar-refractivity contribution in [1.29, 1.82) is 0 Å². The fraction of sp³-hybridized carbons (Fsp3) is 0.222. The van der Waals surface area contributed by atoms with E-state index in [1.807, 2.05) is 0 Å². The number of carbonyl (C=O) groups is 1. The largest absolute Gasteiger partial charge is 0.431 e. The first-order valence-electron chi connectivity index (χ1n) is 8.33. The van der Waals surface area contributed by atoms with Gasteiger partial charge in [0, 0.05) is 19.1 Å². The number of sulfonamides is 1. The molecule has 29 heavy (non-hydrogen) atoms. The molecule has 0 spiro atoms. The second-order valence-electron chi connectivity index (χ2n) is 6.27. The number of rotatable bonds is 6. The van der Waals surface area contributed by atoms with Crippen LogP contribution in [0, 0.1) is 5.82 Å². The van der Waals surface area contributed by atoms with Gasteiger partial charge in [-0.1, -0.05) is 23.4 Å². The van der Waals surface area contributed by atoms with E-state index in [9.17, 15) is 17.6 Å². The molecule has 1 amide bonds. The summed E-state index contributed by atoms with van der Waals surface area (Å²) in [6, 6.07) is 8.30. The van der Waals surface area contributed by atoms with Crippen LogP contribution in [0.25, 0.3) is 11.1 Å². The Bertz CT molecular complexity index is 1180. The molecule has 2 aromatic carbocycles. The van der Waals surface area contributed by atoms with Crippen LogP contribution in [0.15, 0.2) is 50.9 Å². The summed E-state index contributed by atoms with van der Waals surface area (Å²) < 4.78 is 45.0. The summed E-state index contributed by atoms with van der Waals surface area (Å²) in [5, 5.41) is 2.26. The number of fused-ring (bicyclic) bond motifs is 1. The number of nitrogens with zero attached hydrogens (tertiary/aromatic N) is 2. The van der Waals surface area contributed by atoms with E-state index < -0.39 is 27.0 Å². The van der Waals surface area contributed by atoms with Crippen LogP contribution in [0.5, 0.6) is 0 Å². The van der Waals surface area contributed by atoms with E-state index >= 15 is 0 Å². The van der Waals surface area contributed by atoms with Gasteiger partial charge in [-0.25, -0.2) is 22.1 Å². The smallest absolute Gasteiger partial charge is 0.257 e. The number of hydrogen-bond donors (Lipinski definition) is 1. The maximum Gasteiger partial charge on any atom is 0.257 e. The Morgan fingerprint density at radius 3 is 2.66 bits per heavy atom. The van der Waals surface area contributed by atoms with Crippen LogP contribution in [-0.4, -0.2) is 43.0 Å². The molecular weight excluding hydrogens is 441 g/mol. The zero-order valence-electron chi connectivity index (χ0n) is 15.6. The highest BCUT2D eigenvalue weighted by molar-refractivity contribution is 8.00. The second-order valence-corrected chi connectivity index (χ2v) is 10.2. The number of benzene rings is 2. The number of hydrogen-bond acceptors (Lipinski definition) is 6. The van der Waals surface area contributed by atoms with E-state index in [-0.39, 0.29) is 20.8 Å². The Morgan fingerprint density at radius 1 is 1.28 bits per heavy atom. The van der Waals surface area contributed by atoms with Crippen molar-refractivity contribution in [2.75, 3.05) is 19.4 Å². The predicted molar refractivity (Wildman–Crippen MR) is 110 cm³/mol. The summed E-state index contributed by atoms with van der Waals surface area (Å²) in [7, 11) is -0.726. The molecule has 0 aliphatic heterocycles. The molecule has 0 fully saturated rings. The van der Waals surface area contributed by atoms with Gasteiger partial charge in [0.25, 0.3) is 5.22 Å². The maximum absolute atomic E-state index is 13.8. The molecule has 0 aliphatic carbocycles. The van der Waals surface area contributed by atoms with Crippen molar-refractivity contribution in [2.24, 2.45) is 0 Å². The SMILES string of the molecule is CC(Sc1nc2cc(S(=O)(=O)N(C)C)ccc2o1)C(=O)Nc1ccc(Cl)cc1F. The summed E-state index contributed by atoms with van der Waals surface area (Å²) in [4.78, 5) is 16.7. The van der Waals surface area contributed by atoms with Crippen molar-refractivity contribution in [1.82, 2.24) is 9.29 Å². The number of nitrogens with one attached hydrogen (secondary N) is 1. The molecule has 11 heteroatoms. The van der Waals surface area contributed by atoms with Gasteiger partial charge < -0.3 is 9.73 Å². The first-order chi connectivity index (χ1) is 13.6. The predicted octanol–water partition coefficient (Wildman–Crippen LogP) is 3.99. The Kier molecular flexibility index (Phi) is 6.18. The zero-order chi connectivity index (χ0) is 21.3. The Morgan fingerprint density at radius 2 is 2.00 bits per heavy atom. The van der Waals surface area contributed by atoms with E-state index in [0.29, 0.717) is 11.1 Å². The molecule has 1 N–H and O–H groups in total. The highest BCUT2D eigenvalue weighted by atomic mass is 35.5. The third-order valence-corrected chi connectivity index (χ3v) is 6.94. The number of aromatic nitrogens is 1. The molecule has 3 rings (SSSR count). The molecule has 3 aromatic rings. The highest BCUT2D eigenvalue weighted by Crippen LogP contribution is 2.29. The molecule has 0 bridgehead atoms. The van der Waals surface area contributed by atoms with E-state index in [1.165, 1.54) is 44.4 Å².